The number of alkyl halides is 2. The molecule has 0 aromatic heterocycles. The highest BCUT2D eigenvalue weighted by Crippen LogP contribution is 2.36. The largest absolute Gasteiger partial charge is 0.481 e. The molecule has 0 aromatic carbocycles. The highest BCUT2D eigenvalue weighted by molar-refractivity contribution is 5.80. The SMILES string of the molecule is O=C(NC1COCC1C(=O)O)C1CCCC(F)(F)C1. The normalized spacial score (nSPS) is 33.9. The molecule has 108 valence electrons. The Morgan fingerprint density at radius 1 is 1.32 bits per heavy atom. The molecule has 1 aliphatic heterocycles. The average Bonchev–Trinajstić information content (AvgIpc) is 2.75. The number of hydrogen-bond acceptors (Lipinski definition) is 3. The van der Waals surface area contributed by atoms with Crippen molar-refractivity contribution in [1.82, 2.24) is 5.32 Å². The smallest absolute Gasteiger partial charge is 0.311 e. The summed E-state index contributed by atoms with van der Waals surface area (Å²) in [4.78, 5) is 22.8. The maximum atomic E-state index is 13.2. The Bertz CT molecular complexity index is 375. The molecule has 0 radical (unpaired) electrons. The molecule has 0 aromatic rings. The second-order valence-electron chi connectivity index (χ2n) is 5.25. The number of hydrogen-bond donors (Lipinski definition) is 2. The summed E-state index contributed by atoms with van der Waals surface area (Å²) in [6, 6.07) is -0.624. The van der Waals surface area contributed by atoms with Gasteiger partial charge in [-0.2, -0.15) is 0 Å². The van der Waals surface area contributed by atoms with Crippen LogP contribution in [0.2, 0.25) is 0 Å². The zero-order valence-electron chi connectivity index (χ0n) is 10.4. The van der Waals surface area contributed by atoms with Gasteiger partial charge in [-0.1, -0.05) is 0 Å². The first kappa shape index (κ1) is 14.2. The highest BCUT2D eigenvalue weighted by Gasteiger charge is 2.41. The van der Waals surface area contributed by atoms with Gasteiger partial charge >= 0.3 is 5.97 Å². The summed E-state index contributed by atoms with van der Waals surface area (Å²) in [5, 5.41) is 11.5. The molecule has 7 heteroatoms. The van der Waals surface area contributed by atoms with E-state index < -0.39 is 42.1 Å². The Labute approximate surface area is 109 Å². The predicted octanol–water partition coefficient (Wildman–Crippen LogP) is 1.03. The molecule has 1 saturated carbocycles. The molecule has 5 nitrogen and oxygen atoms in total. The minimum absolute atomic E-state index is 0.0428. The van der Waals surface area contributed by atoms with Gasteiger partial charge in [-0.15, -0.1) is 0 Å². The van der Waals surface area contributed by atoms with Crippen molar-refractivity contribution in [2.75, 3.05) is 13.2 Å². The number of carboxylic acid groups (broad SMARTS) is 1. The Balaban J connectivity index is 1.92. The summed E-state index contributed by atoms with van der Waals surface area (Å²) in [6.07, 6.45) is 0.104. The predicted molar refractivity (Wildman–Crippen MR) is 60.8 cm³/mol. The molecule has 2 N–H and O–H groups in total. The van der Waals surface area contributed by atoms with Gasteiger partial charge in [0.25, 0.3) is 0 Å². The topological polar surface area (TPSA) is 75.6 Å². The number of aliphatic carboxylic acids is 1. The van der Waals surface area contributed by atoms with Crippen LogP contribution in [0.4, 0.5) is 8.78 Å². The average molecular weight is 277 g/mol. The lowest BCUT2D eigenvalue weighted by Crippen LogP contribution is -2.46. The van der Waals surface area contributed by atoms with Gasteiger partial charge in [0.05, 0.1) is 19.3 Å². The standard InChI is InChI=1S/C12H17F2NO4/c13-12(14)3-1-2-7(4-12)10(16)15-9-6-19-5-8(9)11(17)18/h7-9H,1-6H2,(H,15,16)(H,17,18). The van der Waals surface area contributed by atoms with Gasteiger partial charge in [0.2, 0.25) is 11.8 Å². The van der Waals surface area contributed by atoms with E-state index in [-0.39, 0.29) is 19.6 Å². The lowest BCUT2D eigenvalue weighted by molar-refractivity contribution is -0.142. The van der Waals surface area contributed by atoms with Crippen LogP contribution in [0.15, 0.2) is 0 Å². The van der Waals surface area contributed by atoms with E-state index in [4.69, 9.17) is 9.84 Å². The first-order valence-electron chi connectivity index (χ1n) is 6.38. The van der Waals surface area contributed by atoms with Gasteiger partial charge in [-0.05, 0) is 12.8 Å². The molecule has 0 bridgehead atoms. The Kier molecular flexibility index (Phi) is 4.03. The Morgan fingerprint density at radius 2 is 2.05 bits per heavy atom. The van der Waals surface area contributed by atoms with Crippen molar-refractivity contribution in [3.8, 4) is 0 Å². The number of carboxylic acids is 1. The van der Waals surface area contributed by atoms with Gasteiger partial charge in [0.15, 0.2) is 0 Å². The molecule has 1 heterocycles. The molecule has 1 amide bonds. The van der Waals surface area contributed by atoms with E-state index >= 15 is 0 Å². The fourth-order valence-electron chi connectivity index (χ4n) is 2.64. The minimum atomic E-state index is -2.79. The van der Waals surface area contributed by atoms with Gasteiger partial charge in [-0.3, -0.25) is 9.59 Å². The van der Waals surface area contributed by atoms with Crippen LogP contribution < -0.4 is 5.32 Å². The third-order valence-electron chi connectivity index (χ3n) is 3.74. The molecule has 0 spiro atoms. The van der Waals surface area contributed by atoms with Crippen LogP contribution in [0, 0.1) is 11.8 Å². The van der Waals surface area contributed by atoms with Gasteiger partial charge in [0, 0.05) is 18.8 Å². The summed E-state index contributed by atoms with van der Waals surface area (Å²) in [5.74, 6) is -5.86. The Morgan fingerprint density at radius 3 is 2.68 bits per heavy atom. The summed E-state index contributed by atoms with van der Waals surface area (Å²) in [6.45, 7) is 0.160. The number of nitrogens with one attached hydrogen (secondary N) is 1. The van der Waals surface area contributed by atoms with Crippen molar-refractivity contribution >= 4 is 11.9 Å². The second-order valence-corrected chi connectivity index (χ2v) is 5.25. The van der Waals surface area contributed by atoms with Gasteiger partial charge in [-0.25, -0.2) is 8.78 Å². The molecular formula is C12H17F2NO4. The lowest BCUT2D eigenvalue weighted by Gasteiger charge is -2.29. The van der Waals surface area contributed by atoms with E-state index in [0.717, 1.165) is 0 Å². The quantitative estimate of drug-likeness (QED) is 0.808. The second kappa shape index (κ2) is 5.40. The summed E-state index contributed by atoms with van der Waals surface area (Å²) in [7, 11) is 0. The third kappa shape index (κ3) is 3.40. The van der Waals surface area contributed by atoms with Crippen molar-refractivity contribution in [1.29, 1.82) is 0 Å². The maximum absolute atomic E-state index is 13.2. The van der Waals surface area contributed by atoms with Crippen LogP contribution in [0.3, 0.4) is 0 Å². The number of amides is 1. The van der Waals surface area contributed by atoms with Gasteiger partial charge < -0.3 is 15.2 Å². The fraction of sp³-hybridized carbons (Fsp3) is 0.833. The molecule has 2 rings (SSSR count). The fourth-order valence-corrected chi connectivity index (χ4v) is 2.64. The molecule has 2 aliphatic rings. The first-order chi connectivity index (χ1) is 8.89. The monoisotopic (exact) mass is 277 g/mol. The van der Waals surface area contributed by atoms with Crippen molar-refractivity contribution in [2.45, 2.75) is 37.6 Å². The van der Waals surface area contributed by atoms with Crippen molar-refractivity contribution in [2.24, 2.45) is 11.8 Å². The summed E-state index contributed by atoms with van der Waals surface area (Å²) >= 11 is 0. The molecular weight excluding hydrogens is 260 g/mol. The summed E-state index contributed by atoms with van der Waals surface area (Å²) < 4.78 is 31.5. The Hall–Kier alpha value is -1.24. The van der Waals surface area contributed by atoms with Crippen LogP contribution in [-0.2, 0) is 14.3 Å². The van der Waals surface area contributed by atoms with Crippen LogP contribution in [0.5, 0.6) is 0 Å². The first-order valence-corrected chi connectivity index (χ1v) is 6.38. The van der Waals surface area contributed by atoms with Crippen LogP contribution >= 0.6 is 0 Å². The van der Waals surface area contributed by atoms with Crippen LogP contribution in [0.25, 0.3) is 0 Å². The number of ether oxygens (including phenoxy) is 1. The van der Waals surface area contributed by atoms with Crippen molar-refractivity contribution < 1.29 is 28.2 Å². The van der Waals surface area contributed by atoms with Crippen molar-refractivity contribution in [3.63, 3.8) is 0 Å². The van der Waals surface area contributed by atoms with Crippen LogP contribution in [0.1, 0.15) is 25.7 Å². The molecule has 3 unspecified atom stereocenters. The van der Waals surface area contributed by atoms with E-state index in [1.54, 1.807) is 0 Å². The number of halogens is 2. The van der Waals surface area contributed by atoms with Crippen LogP contribution in [-0.4, -0.2) is 42.2 Å². The van der Waals surface area contributed by atoms with E-state index in [9.17, 15) is 18.4 Å². The molecule has 1 saturated heterocycles. The zero-order valence-corrected chi connectivity index (χ0v) is 10.4. The number of carbonyl (C=O) groups excluding carboxylic acids is 1. The van der Waals surface area contributed by atoms with Crippen molar-refractivity contribution in [3.05, 3.63) is 0 Å². The van der Waals surface area contributed by atoms with Gasteiger partial charge in [0.1, 0.15) is 5.92 Å². The molecule has 19 heavy (non-hydrogen) atoms. The van der Waals surface area contributed by atoms with E-state index in [1.165, 1.54) is 0 Å². The van der Waals surface area contributed by atoms with E-state index in [1.807, 2.05) is 0 Å². The number of rotatable bonds is 3. The zero-order chi connectivity index (χ0) is 14.0. The van der Waals surface area contributed by atoms with E-state index in [0.29, 0.717) is 12.8 Å². The molecule has 1 aliphatic carbocycles. The highest BCUT2D eigenvalue weighted by atomic mass is 19.3. The summed E-state index contributed by atoms with van der Waals surface area (Å²) in [5.41, 5.74) is 0. The van der Waals surface area contributed by atoms with E-state index in [2.05, 4.69) is 5.32 Å². The lowest BCUT2D eigenvalue weighted by atomic mass is 9.85. The number of carbonyl (C=O) groups is 2. The molecule has 3 atom stereocenters. The maximum Gasteiger partial charge on any atom is 0.311 e. The molecule has 2 fully saturated rings. The minimum Gasteiger partial charge on any atom is -0.481 e. The third-order valence-corrected chi connectivity index (χ3v) is 3.74.